The molecule has 3 rings (SSSR count). The molecule has 0 unspecified atom stereocenters. The highest BCUT2D eigenvalue weighted by molar-refractivity contribution is 6.30. The Bertz CT molecular complexity index is 907. The molecule has 25 heavy (non-hydrogen) atoms. The van der Waals surface area contributed by atoms with Gasteiger partial charge in [-0.3, -0.25) is 9.78 Å². The van der Waals surface area contributed by atoms with Crippen LogP contribution in [0.4, 0.5) is 17.1 Å². The number of pyridine rings is 1. The van der Waals surface area contributed by atoms with Gasteiger partial charge in [0.2, 0.25) is 0 Å². The first-order valence-corrected chi connectivity index (χ1v) is 8.25. The van der Waals surface area contributed by atoms with E-state index in [9.17, 15) is 4.79 Å². The first-order valence-electron chi connectivity index (χ1n) is 7.87. The predicted molar refractivity (Wildman–Crippen MR) is 103 cm³/mol. The van der Waals surface area contributed by atoms with Gasteiger partial charge in [-0.2, -0.15) is 0 Å². The Morgan fingerprint density at radius 3 is 2.32 bits per heavy atom. The highest BCUT2D eigenvalue weighted by Crippen LogP contribution is 2.20. The summed E-state index contributed by atoms with van der Waals surface area (Å²) in [5.74, 6) is -0.199. The van der Waals surface area contributed by atoms with Crippen molar-refractivity contribution < 1.29 is 4.79 Å². The van der Waals surface area contributed by atoms with E-state index in [4.69, 9.17) is 11.6 Å². The second-order valence-electron chi connectivity index (χ2n) is 5.85. The number of anilines is 3. The smallest absolute Gasteiger partial charge is 0.257 e. The van der Waals surface area contributed by atoms with Crippen LogP contribution >= 0.6 is 11.6 Å². The van der Waals surface area contributed by atoms with E-state index in [-0.39, 0.29) is 5.91 Å². The summed E-state index contributed by atoms with van der Waals surface area (Å²) in [6.07, 6.45) is 3.21. The maximum Gasteiger partial charge on any atom is 0.257 e. The van der Waals surface area contributed by atoms with Crippen LogP contribution in [0.15, 0.2) is 60.9 Å². The fourth-order valence-electron chi connectivity index (χ4n) is 2.35. The molecule has 0 radical (unpaired) electrons. The van der Waals surface area contributed by atoms with Gasteiger partial charge in [0.05, 0.1) is 17.4 Å². The topological polar surface area (TPSA) is 54.0 Å². The van der Waals surface area contributed by atoms with Crippen molar-refractivity contribution in [1.29, 1.82) is 0 Å². The zero-order valence-electron chi connectivity index (χ0n) is 14.0. The third-order valence-corrected chi connectivity index (χ3v) is 4.15. The number of nitrogens with zero attached hydrogens (tertiary/aromatic N) is 1. The molecule has 4 nitrogen and oxygen atoms in total. The number of hydrogen-bond acceptors (Lipinski definition) is 3. The highest BCUT2D eigenvalue weighted by atomic mass is 35.5. The predicted octanol–water partition coefficient (Wildman–Crippen LogP) is 5.35. The third-order valence-electron chi connectivity index (χ3n) is 3.90. The van der Waals surface area contributed by atoms with Gasteiger partial charge in [0.15, 0.2) is 0 Å². The van der Waals surface area contributed by atoms with Crippen molar-refractivity contribution >= 4 is 34.6 Å². The number of hydrogen-bond donors (Lipinski definition) is 2. The largest absolute Gasteiger partial charge is 0.354 e. The quantitative estimate of drug-likeness (QED) is 0.666. The summed E-state index contributed by atoms with van der Waals surface area (Å²) in [6.45, 7) is 4.06. The van der Waals surface area contributed by atoms with Gasteiger partial charge >= 0.3 is 0 Å². The molecule has 1 amide bonds. The molecule has 1 aromatic heterocycles. The zero-order valence-corrected chi connectivity index (χ0v) is 14.8. The van der Waals surface area contributed by atoms with Gasteiger partial charge in [-0.25, -0.2) is 0 Å². The van der Waals surface area contributed by atoms with Gasteiger partial charge < -0.3 is 10.6 Å². The first-order chi connectivity index (χ1) is 12.0. The summed E-state index contributed by atoms with van der Waals surface area (Å²) in [4.78, 5) is 16.6. The molecule has 0 fully saturated rings. The van der Waals surface area contributed by atoms with E-state index in [1.807, 2.05) is 44.2 Å². The fraction of sp³-hybridized carbons (Fsp3) is 0.100. The average Bonchev–Trinajstić information content (AvgIpc) is 2.60. The number of carbonyl (C=O) groups excluding carboxylic acids is 1. The molecule has 0 aliphatic heterocycles. The van der Waals surface area contributed by atoms with Crippen molar-refractivity contribution in [1.82, 2.24) is 4.98 Å². The van der Waals surface area contributed by atoms with E-state index in [1.165, 1.54) is 5.56 Å². The SMILES string of the molecule is Cc1ccc(NC(=O)c2cncc(Nc3ccc(Cl)cc3)c2)cc1C. The Hall–Kier alpha value is -2.85. The standard InChI is InChI=1S/C20H18ClN3O/c1-13-3-6-18(9-14(13)2)24-20(25)15-10-19(12-22-11-15)23-17-7-4-16(21)5-8-17/h3-12,23H,1-2H3,(H,24,25). The fourth-order valence-corrected chi connectivity index (χ4v) is 2.48. The lowest BCUT2D eigenvalue weighted by Crippen LogP contribution is -2.12. The second-order valence-corrected chi connectivity index (χ2v) is 6.28. The van der Waals surface area contributed by atoms with Crippen molar-refractivity contribution in [3.63, 3.8) is 0 Å². The number of nitrogens with one attached hydrogen (secondary N) is 2. The number of halogens is 1. The lowest BCUT2D eigenvalue weighted by atomic mass is 10.1. The summed E-state index contributed by atoms with van der Waals surface area (Å²) in [6, 6.07) is 14.9. The van der Waals surface area contributed by atoms with Crippen LogP contribution in [0.3, 0.4) is 0 Å². The molecular weight excluding hydrogens is 334 g/mol. The third kappa shape index (κ3) is 4.37. The Balaban J connectivity index is 1.74. The number of amides is 1. The van der Waals surface area contributed by atoms with E-state index < -0.39 is 0 Å². The van der Waals surface area contributed by atoms with Crippen molar-refractivity contribution in [2.45, 2.75) is 13.8 Å². The molecule has 0 saturated heterocycles. The highest BCUT2D eigenvalue weighted by Gasteiger charge is 2.08. The van der Waals surface area contributed by atoms with Gasteiger partial charge in [0.1, 0.15) is 0 Å². The summed E-state index contributed by atoms with van der Waals surface area (Å²) >= 11 is 5.89. The number of benzene rings is 2. The number of aryl methyl sites for hydroxylation is 2. The molecule has 0 atom stereocenters. The molecule has 5 heteroatoms. The van der Waals surface area contributed by atoms with Crippen molar-refractivity contribution in [2.24, 2.45) is 0 Å². The average molecular weight is 352 g/mol. The van der Waals surface area contributed by atoms with Gasteiger partial charge in [-0.1, -0.05) is 17.7 Å². The minimum atomic E-state index is -0.199. The van der Waals surface area contributed by atoms with Crippen LogP contribution in [0.2, 0.25) is 5.02 Å². The van der Waals surface area contributed by atoms with Crippen molar-refractivity contribution in [3.05, 3.63) is 82.6 Å². The molecule has 0 aliphatic rings. The Labute approximate surface area is 151 Å². The molecule has 0 aliphatic carbocycles. The Morgan fingerprint density at radius 2 is 1.60 bits per heavy atom. The van der Waals surface area contributed by atoms with Gasteiger partial charge in [0.25, 0.3) is 5.91 Å². The molecule has 0 bridgehead atoms. The maximum absolute atomic E-state index is 12.5. The van der Waals surface area contributed by atoms with Crippen LogP contribution in [0, 0.1) is 13.8 Å². The van der Waals surface area contributed by atoms with Crippen LogP contribution < -0.4 is 10.6 Å². The normalized spacial score (nSPS) is 10.4. The van der Waals surface area contributed by atoms with Crippen LogP contribution in [0.5, 0.6) is 0 Å². The zero-order chi connectivity index (χ0) is 17.8. The number of carbonyl (C=O) groups is 1. The number of aromatic nitrogens is 1. The van der Waals surface area contributed by atoms with Crippen LogP contribution in [-0.4, -0.2) is 10.9 Å². The van der Waals surface area contributed by atoms with E-state index >= 15 is 0 Å². The first kappa shape index (κ1) is 17.0. The minimum absolute atomic E-state index is 0.199. The summed E-state index contributed by atoms with van der Waals surface area (Å²) in [5, 5.41) is 6.78. The second kappa shape index (κ2) is 7.36. The molecule has 0 spiro atoms. The number of rotatable bonds is 4. The van der Waals surface area contributed by atoms with Gasteiger partial charge in [-0.05, 0) is 67.4 Å². The summed E-state index contributed by atoms with van der Waals surface area (Å²) in [5.41, 5.74) is 5.18. The monoisotopic (exact) mass is 351 g/mol. The molecule has 2 N–H and O–H groups in total. The van der Waals surface area contributed by atoms with Crippen molar-refractivity contribution in [3.8, 4) is 0 Å². The molecule has 1 heterocycles. The van der Waals surface area contributed by atoms with E-state index in [2.05, 4.69) is 15.6 Å². The van der Waals surface area contributed by atoms with E-state index in [0.717, 1.165) is 22.6 Å². The summed E-state index contributed by atoms with van der Waals surface area (Å²) < 4.78 is 0. The molecular formula is C20H18ClN3O. The van der Waals surface area contributed by atoms with Crippen LogP contribution in [-0.2, 0) is 0 Å². The van der Waals surface area contributed by atoms with Crippen LogP contribution in [0.1, 0.15) is 21.5 Å². The lowest BCUT2D eigenvalue weighted by Gasteiger charge is -2.10. The van der Waals surface area contributed by atoms with E-state index in [0.29, 0.717) is 10.6 Å². The van der Waals surface area contributed by atoms with Crippen molar-refractivity contribution in [2.75, 3.05) is 10.6 Å². The molecule has 126 valence electrons. The Morgan fingerprint density at radius 1 is 0.880 bits per heavy atom. The van der Waals surface area contributed by atoms with Gasteiger partial charge in [0, 0.05) is 22.6 Å². The molecule has 3 aromatic rings. The maximum atomic E-state index is 12.5. The summed E-state index contributed by atoms with van der Waals surface area (Å²) in [7, 11) is 0. The lowest BCUT2D eigenvalue weighted by molar-refractivity contribution is 0.102. The minimum Gasteiger partial charge on any atom is -0.354 e. The molecule has 0 saturated carbocycles. The molecule has 2 aromatic carbocycles. The van der Waals surface area contributed by atoms with Gasteiger partial charge in [-0.15, -0.1) is 0 Å². The van der Waals surface area contributed by atoms with E-state index in [1.54, 1.807) is 30.6 Å². The van der Waals surface area contributed by atoms with Crippen LogP contribution in [0.25, 0.3) is 0 Å². The Kier molecular flexibility index (Phi) is 5.00.